The molecule has 2 atom stereocenters. The average Bonchev–Trinajstić information content (AvgIpc) is 2.54. The van der Waals surface area contributed by atoms with Gasteiger partial charge in [0.1, 0.15) is 0 Å². The minimum atomic E-state index is 0.345. The Morgan fingerprint density at radius 2 is 1.29 bits per heavy atom. The van der Waals surface area contributed by atoms with Gasteiger partial charge in [0.05, 0.1) is 0 Å². The van der Waals surface area contributed by atoms with E-state index in [9.17, 15) is 0 Å². The number of likely N-dealkylation sites (tertiary alicyclic amines) is 2. The Hall–Kier alpha value is -0.120. The van der Waals surface area contributed by atoms with E-state index in [0.29, 0.717) is 11.1 Å². The van der Waals surface area contributed by atoms with Crippen molar-refractivity contribution < 1.29 is 0 Å². The van der Waals surface area contributed by atoms with Gasteiger partial charge in [-0.05, 0) is 60.3 Å². The van der Waals surface area contributed by atoms with Crippen LogP contribution in [-0.2, 0) is 0 Å². The zero-order chi connectivity index (χ0) is 15.4. The van der Waals surface area contributed by atoms with Crippen LogP contribution < -0.4 is 0 Å². The van der Waals surface area contributed by atoms with E-state index in [1.54, 1.807) is 0 Å². The maximum absolute atomic E-state index is 2.81. The molecule has 0 radical (unpaired) electrons. The molecule has 0 aromatic heterocycles. The molecule has 3 saturated heterocycles. The summed E-state index contributed by atoms with van der Waals surface area (Å²) >= 11 is 0. The van der Waals surface area contributed by atoms with Crippen molar-refractivity contribution in [1.82, 2.24) is 14.7 Å². The van der Waals surface area contributed by atoms with E-state index in [2.05, 4.69) is 56.2 Å². The Labute approximate surface area is 131 Å². The van der Waals surface area contributed by atoms with Gasteiger partial charge in [-0.25, -0.2) is 0 Å². The van der Waals surface area contributed by atoms with Crippen molar-refractivity contribution in [1.29, 1.82) is 0 Å². The van der Waals surface area contributed by atoms with Gasteiger partial charge in [0.2, 0.25) is 0 Å². The van der Waals surface area contributed by atoms with Gasteiger partial charge in [0.25, 0.3) is 0 Å². The summed E-state index contributed by atoms with van der Waals surface area (Å²) in [5.41, 5.74) is 0.706. The molecular weight excluding hydrogens is 258 g/mol. The monoisotopic (exact) mass is 293 g/mol. The predicted molar refractivity (Wildman–Crippen MR) is 89.7 cm³/mol. The van der Waals surface area contributed by atoms with Crippen molar-refractivity contribution in [3.63, 3.8) is 0 Å². The van der Waals surface area contributed by atoms with Crippen molar-refractivity contribution in [2.45, 2.75) is 77.5 Å². The number of rotatable bonds is 2. The molecule has 3 nitrogen and oxygen atoms in total. The van der Waals surface area contributed by atoms with Crippen LogP contribution >= 0.6 is 0 Å². The zero-order valence-electron chi connectivity index (χ0n) is 15.0. The molecule has 3 aliphatic rings. The summed E-state index contributed by atoms with van der Waals surface area (Å²) in [5, 5.41) is 0. The molecule has 2 unspecified atom stereocenters. The molecule has 0 amide bonds. The van der Waals surface area contributed by atoms with Crippen LogP contribution in [0.5, 0.6) is 0 Å². The molecular formula is C18H35N3. The summed E-state index contributed by atoms with van der Waals surface area (Å²) in [6.45, 7) is 20.7. The fraction of sp³-hybridized carbons (Fsp3) is 1.00. The molecule has 3 heterocycles. The van der Waals surface area contributed by atoms with Crippen LogP contribution in [0.3, 0.4) is 0 Å². The number of nitrogens with zero attached hydrogens (tertiary/aromatic N) is 3. The van der Waals surface area contributed by atoms with Crippen molar-refractivity contribution in [2.75, 3.05) is 32.7 Å². The van der Waals surface area contributed by atoms with Gasteiger partial charge in [0.15, 0.2) is 0 Å². The molecule has 0 saturated carbocycles. The van der Waals surface area contributed by atoms with Crippen LogP contribution in [-0.4, -0.2) is 70.6 Å². The fourth-order valence-corrected chi connectivity index (χ4v) is 4.83. The Balaban J connectivity index is 1.51. The van der Waals surface area contributed by atoms with E-state index >= 15 is 0 Å². The fourth-order valence-electron chi connectivity index (χ4n) is 4.83. The second kappa shape index (κ2) is 5.21. The Morgan fingerprint density at radius 1 is 0.762 bits per heavy atom. The highest BCUT2D eigenvalue weighted by Gasteiger charge is 2.45. The number of hydrogen-bond acceptors (Lipinski definition) is 3. The minimum Gasteiger partial charge on any atom is -0.300 e. The van der Waals surface area contributed by atoms with E-state index < -0.39 is 0 Å². The smallest absolute Gasteiger partial charge is 0.0232 e. The van der Waals surface area contributed by atoms with Crippen molar-refractivity contribution >= 4 is 0 Å². The summed E-state index contributed by atoms with van der Waals surface area (Å²) in [5.74, 6) is 0.907. The van der Waals surface area contributed by atoms with Gasteiger partial charge in [0, 0.05) is 55.9 Å². The van der Waals surface area contributed by atoms with E-state index in [-0.39, 0.29) is 0 Å². The van der Waals surface area contributed by atoms with Crippen LogP contribution in [0.1, 0.15) is 54.4 Å². The lowest BCUT2D eigenvalue weighted by atomic mass is 9.91. The Morgan fingerprint density at radius 3 is 1.71 bits per heavy atom. The molecule has 0 spiro atoms. The Kier molecular flexibility index (Phi) is 3.91. The van der Waals surface area contributed by atoms with Crippen LogP contribution in [0.2, 0.25) is 0 Å². The number of hydrogen-bond donors (Lipinski definition) is 0. The maximum atomic E-state index is 2.81. The van der Waals surface area contributed by atoms with E-state index in [0.717, 1.165) is 18.0 Å². The normalized spacial score (nSPS) is 33.4. The second-order valence-electron chi connectivity index (χ2n) is 9.62. The van der Waals surface area contributed by atoms with Crippen molar-refractivity contribution in [2.24, 2.45) is 5.92 Å². The first-order valence-electron chi connectivity index (χ1n) is 8.90. The molecule has 122 valence electrons. The molecule has 0 aromatic carbocycles. The first-order valence-corrected chi connectivity index (χ1v) is 8.90. The highest BCUT2D eigenvalue weighted by atomic mass is 15.4. The van der Waals surface area contributed by atoms with Crippen molar-refractivity contribution in [3.05, 3.63) is 0 Å². The standard InChI is InChI=1S/C18H35N3/c1-17(2,3)20-10-14(11-20)9-19-12-15-7-8-16(13-19)21(15)18(4,5)6/h14-16H,7-13H2,1-6H3. The molecule has 21 heavy (non-hydrogen) atoms. The average molecular weight is 293 g/mol. The van der Waals surface area contributed by atoms with Gasteiger partial charge in [-0.15, -0.1) is 0 Å². The van der Waals surface area contributed by atoms with Crippen LogP contribution in [0.15, 0.2) is 0 Å². The van der Waals surface area contributed by atoms with Crippen LogP contribution in [0.25, 0.3) is 0 Å². The first-order chi connectivity index (χ1) is 9.64. The Bertz CT molecular complexity index is 359. The van der Waals surface area contributed by atoms with E-state index in [1.807, 2.05) is 0 Å². The van der Waals surface area contributed by atoms with Gasteiger partial charge in [-0.1, -0.05) is 0 Å². The quantitative estimate of drug-likeness (QED) is 0.775. The summed E-state index contributed by atoms with van der Waals surface area (Å²) in [4.78, 5) is 8.21. The molecule has 2 bridgehead atoms. The summed E-state index contributed by atoms with van der Waals surface area (Å²) in [6, 6.07) is 1.62. The van der Waals surface area contributed by atoms with Crippen LogP contribution in [0.4, 0.5) is 0 Å². The predicted octanol–water partition coefficient (Wildman–Crippen LogP) is 2.66. The molecule has 0 aromatic rings. The van der Waals surface area contributed by atoms with Gasteiger partial charge >= 0.3 is 0 Å². The lowest BCUT2D eigenvalue weighted by Gasteiger charge is -2.52. The van der Waals surface area contributed by atoms with Gasteiger partial charge in [-0.2, -0.15) is 0 Å². The third-order valence-corrected chi connectivity index (χ3v) is 5.75. The maximum Gasteiger partial charge on any atom is 0.0232 e. The van der Waals surface area contributed by atoms with Gasteiger partial charge in [-0.3, -0.25) is 14.7 Å². The number of piperazine rings is 1. The summed E-state index contributed by atoms with van der Waals surface area (Å²) in [7, 11) is 0. The molecule has 0 aliphatic carbocycles. The van der Waals surface area contributed by atoms with Crippen molar-refractivity contribution in [3.8, 4) is 0 Å². The molecule has 3 heteroatoms. The SMILES string of the molecule is CC(C)(C)N1CC(CN2CC3CCC(C2)N3C(C)(C)C)C1. The highest BCUT2D eigenvalue weighted by molar-refractivity contribution is 5.01. The largest absolute Gasteiger partial charge is 0.300 e. The molecule has 3 fully saturated rings. The third-order valence-electron chi connectivity index (χ3n) is 5.75. The first kappa shape index (κ1) is 15.8. The lowest BCUT2D eigenvalue weighted by molar-refractivity contribution is -0.0351. The summed E-state index contributed by atoms with van der Waals surface area (Å²) in [6.07, 6.45) is 2.83. The highest BCUT2D eigenvalue weighted by Crippen LogP contribution is 2.36. The second-order valence-corrected chi connectivity index (χ2v) is 9.62. The number of fused-ring (bicyclic) bond motifs is 2. The van der Waals surface area contributed by atoms with E-state index in [1.165, 1.54) is 45.6 Å². The zero-order valence-corrected chi connectivity index (χ0v) is 15.0. The lowest BCUT2D eigenvalue weighted by Crippen LogP contribution is -2.63. The molecule has 0 N–H and O–H groups in total. The van der Waals surface area contributed by atoms with Gasteiger partial charge < -0.3 is 0 Å². The summed E-state index contributed by atoms with van der Waals surface area (Å²) < 4.78 is 0. The topological polar surface area (TPSA) is 9.72 Å². The minimum absolute atomic E-state index is 0.345. The third kappa shape index (κ3) is 3.16. The molecule has 3 rings (SSSR count). The van der Waals surface area contributed by atoms with Crippen LogP contribution in [0, 0.1) is 5.92 Å². The van der Waals surface area contributed by atoms with E-state index in [4.69, 9.17) is 0 Å². The molecule has 3 aliphatic heterocycles.